The Kier molecular flexibility index (Phi) is 11.0. The van der Waals surface area contributed by atoms with E-state index in [1.807, 2.05) is 67.4 Å². The van der Waals surface area contributed by atoms with Crippen LogP contribution >= 0.6 is 0 Å². The van der Waals surface area contributed by atoms with E-state index in [4.69, 9.17) is 9.47 Å². The molecule has 0 radical (unpaired) electrons. The highest BCUT2D eigenvalue weighted by molar-refractivity contribution is 5.32. The van der Waals surface area contributed by atoms with Crippen molar-refractivity contribution in [2.45, 2.75) is 53.0 Å². The molecule has 0 amide bonds. The monoisotopic (exact) mass is 486 g/mol. The number of nitrogens with zero attached hydrogens (tertiary/aromatic N) is 2. The fourth-order valence-corrected chi connectivity index (χ4v) is 3.39. The largest absolute Gasteiger partial charge is 1.00 e. The minimum absolute atomic E-state index is 0. The number of aromatic nitrogens is 4. The normalized spacial score (nSPS) is 12.4. The van der Waals surface area contributed by atoms with Gasteiger partial charge in [0.15, 0.2) is 0 Å². The second-order valence-electron chi connectivity index (χ2n) is 7.79. The quantitative estimate of drug-likeness (QED) is 0.216. The van der Waals surface area contributed by atoms with Crippen LogP contribution in [0.4, 0.5) is 0 Å². The van der Waals surface area contributed by atoms with Gasteiger partial charge in [-0.25, -0.2) is 0 Å². The highest BCUT2D eigenvalue weighted by Gasteiger charge is 2.18. The summed E-state index contributed by atoms with van der Waals surface area (Å²) >= 11 is 0. The van der Waals surface area contributed by atoms with Crippen molar-refractivity contribution in [2.75, 3.05) is 13.2 Å². The van der Waals surface area contributed by atoms with Crippen molar-refractivity contribution in [1.29, 1.82) is 0 Å². The lowest BCUT2D eigenvalue weighted by atomic mass is 10.3. The molecule has 2 atom stereocenters. The van der Waals surface area contributed by atoms with E-state index >= 15 is 0 Å². The van der Waals surface area contributed by atoms with Crippen LogP contribution in [0.3, 0.4) is 0 Å². The standard InChI is InChI=1S/C22H30N4O4.2ClH/c1-15-8-17(3)25(23-15)11-19(27)13-29-21-6-5-7-22(10-21)30-14-20(28)12-26-18(4)9-16(2)24-26;;/h5-10,19-20,27-28H,11-14H2,1-4H3;2*1H. The molecule has 0 saturated heterocycles. The van der Waals surface area contributed by atoms with Crippen LogP contribution in [0.15, 0.2) is 36.4 Å². The average Bonchev–Trinajstić information content (AvgIpc) is 3.18. The smallest absolute Gasteiger partial charge is 0.205 e. The van der Waals surface area contributed by atoms with Gasteiger partial charge in [0.05, 0.1) is 11.4 Å². The number of rotatable bonds is 10. The lowest BCUT2D eigenvalue weighted by Crippen LogP contribution is -3.00. The Balaban J connectivity index is 0.00000256. The number of hydrogen-bond donors (Lipinski definition) is 4. The summed E-state index contributed by atoms with van der Waals surface area (Å²) in [5, 5.41) is 26.9. The van der Waals surface area contributed by atoms with Crippen LogP contribution in [0, 0.1) is 27.7 Å². The van der Waals surface area contributed by atoms with E-state index in [9.17, 15) is 10.2 Å². The van der Waals surface area contributed by atoms with Gasteiger partial charge in [-0.05, 0) is 26.0 Å². The van der Waals surface area contributed by atoms with Gasteiger partial charge >= 0.3 is 0 Å². The molecule has 2 heterocycles. The van der Waals surface area contributed by atoms with E-state index in [2.05, 4.69) is 10.2 Å². The maximum Gasteiger partial charge on any atom is 0.205 e. The summed E-state index contributed by atoms with van der Waals surface area (Å²) in [6.45, 7) is 9.12. The number of aliphatic hydroxyl groups is 2. The number of H-pyrrole nitrogens is 2. The number of ether oxygens (including phenoxy) is 2. The Hall–Kier alpha value is -2.26. The Bertz CT molecular complexity index is 903. The number of hydrogen-bond acceptors (Lipinski definition) is 4. The highest BCUT2D eigenvalue weighted by Crippen LogP contribution is 2.19. The van der Waals surface area contributed by atoms with Crippen LogP contribution in [0.2, 0.25) is 0 Å². The van der Waals surface area contributed by atoms with E-state index in [0.717, 1.165) is 22.8 Å². The topological polar surface area (TPSA) is 98.3 Å². The molecule has 1 aromatic carbocycles. The predicted molar refractivity (Wildman–Crippen MR) is 110 cm³/mol. The zero-order chi connectivity index (χ0) is 21.7. The van der Waals surface area contributed by atoms with Crippen LogP contribution in [-0.4, -0.2) is 45.8 Å². The minimum Gasteiger partial charge on any atom is -1.00 e. The van der Waals surface area contributed by atoms with Gasteiger partial charge in [-0.3, -0.25) is 0 Å². The summed E-state index contributed by atoms with van der Waals surface area (Å²) in [6, 6.07) is 11.3. The van der Waals surface area contributed by atoms with E-state index in [0.29, 0.717) is 24.6 Å². The fourth-order valence-electron chi connectivity index (χ4n) is 3.39. The SMILES string of the molecule is Cc1cc(C)[n+](CC(O)COc2cccc(OCC(O)C[n+]3[nH]c(C)cc3C)c2)[nH]1.[Cl-].[Cl-]. The van der Waals surface area contributed by atoms with Crippen molar-refractivity contribution in [3.05, 3.63) is 59.2 Å². The second kappa shape index (κ2) is 12.7. The first-order valence-electron chi connectivity index (χ1n) is 10.1. The van der Waals surface area contributed by atoms with Crippen molar-refractivity contribution >= 4 is 0 Å². The van der Waals surface area contributed by atoms with Crippen LogP contribution in [0.25, 0.3) is 0 Å². The van der Waals surface area contributed by atoms with Crippen molar-refractivity contribution < 1.29 is 53.9 Å². The number of aliphatic hydroxyl groups excluding tert-OH is 2. The van der Waals surface area contributed by atoms with Crippen molar-refractivity contribution in [1.82, 2.24) is 10.2 Å². The molecule has 0 saturated carbocycles. The zero-order valence-corrected chi connectivity index (χ0v) is 20.3. The van der Waals surface area contributed by atoms with Crippen molar-refractivity contribution in [3.63, 3.8) is 0 Å². The van der Waals surface area contributed by atoms with Gasteiger partial charge in [-0.2, -0.15) is 10.2 Å². The maximum absolute atomic E-state index is 10.3. The molecular formula is C22H32Cl2N4O4. The number of aryl methyl sites for hydroxylation is 4. The third-order valence-electron chi connectivity index (χ3n) is 4.80. The lowest BCUT2D eigenvalue weighted by molar-refractivity contribution is -0.761. The molecule has 8 nitrogen and oxygen atoms in total. The number of halogens is 2. The van der Waals surface area contributed by atoms with E-state index in [1.165, 1.54) is 0 Å². The molecule has 0 aliphatic heterocycles. The molecule has 2 unspecified atom stereocenters. The third-order valence-corrected chi connectivity index (χ3v) is 4.80. The van der Waals surface area contributed by atoms with Gasteiger partial charge in [-0.1, -0.05) is 6.07 Å². The van der Waals surface area contributed by atoms with Gasteiger partial charge in [0.25, 0.3) is 0 Å². The molecule has 0 aliphatic carbocycles. The number of benzene rings is 1. The van der Waals surface area contributed by atoms with Gasteiger partial charge in [-0.15, -0.1) is 9.36 Å². The summed E-state index contributed by atoms with van der Waals surface area (Å²) in [7, 11) is 0. The molecule has 10 heteroatoms. The van der Waals surface area contributed by atoms with Gasteiger partial charge in [0.1, 0.15) is 36.9 Å². The molecule has 0 fully saturated rings. The molecule has 0 aliphatic rings. The van der Waals surface area contributed by atoms with E-state index in [-0.39, 0.29) is 38.0 Å². The van der Waals surface area contributed by atoms with Gasteiger partial charge < -0.3 is 44.5 Å². The fraction of sp³-hybridized carbons (Fsp3) is 0.455. The Morgan fingerprint density at radius 1 is 0.750 bits per heavy atom. The second-order valence-corrected chi connectivity index (χ2v) is 7.79. The third kappa shape index (κ3) is 8.02. The molecule has 0 spiro atoms. The summed E-state index contributed by atoms with van der Waals surface area (Å²) in [5.74, 6) is 1.21. The first-order chi connectivity index (χ1) is 14.3. The van der Waals surface area contributed by atoms with Gasteiger partial charge in [0.2, 0.25) is 24.5 Å². The molecule has 3 aromatic rings. The Morgan fingerprint density at radius 3 is 1.50 bits per heavy atom. The summed E-state index contributed by atoms with van der Waals surface area (Å²) in [6.07, 6.45) is -1.30. The summed E-state index contributed by atoms with van der Waals surface area (Å²) < 4.78 is 15.2. The zero-order valence-electron chi connectivity index (χ0n) is 18.8. The first kappa shape index (κ1) is 27.8. The maximum atomic E-state index is 10.3. The summed E-state index contributed by atoms with van der Waals surface area (Å²) in [4.78, 5) is 0. The predicted octanol–water partition coefficient (Wildman–Crippen LogP) is -4.96. The molecule has 4 N–H and O–H groups in total. The van der Waals surface area contributed by atoms with Crippen LogP contribution in [-0.2, 0) is 13.1 Å². The van der Waals surface area contributed by atoms with E-state index < -0.39 is 12.2 Å². The van der Waals surface area contributed by atoms with Crippen LogP contribution < -0.4 is 43.7 Å². The van der Waals surface area contributed by atoms with Crippen molar-refractivity contribution in [2.24, 2.45) is 0 Å². The molecule has 0 bridgehead atoms. The minimum atomic E-state index is -0.650. The summed E-state index contributed by atoms with van der Waals surface area (Å²) in [5.41, 5.74) is 4.21. The molecule has 3 rings (SSSR count). The number of aromatic amines is 2. The lowest BCUT2D eigenvalue weighted by Gasteiger charge is -2.12. The molecular weight excluding hydrogens is 455 g/mol. The van der Waals surface area contributed by atoms with Crippen molar-refractivity contribution in [3.8, 4) is 11.5 Å². The van der Waals surface area contributed by atoms with Crippen LogP contribution in [0.1, 0.15) is 22.8 Å². The number of nitrogens with one attached hydrogen (secondary N) is 2. The highest BCUT2D eigenvalue weighted by atomic mass is 35.5. The first-order valence-corrected chi connectivity index (χ1v) is 10.1. The Morgan fingerprint density at radius 2 is 1.16 bits per heavy atom. The molecule has 178 valence electrons. The Labute approximate surface area is 201 Å². The van der Waals surface area contributed by atoms with E-state index in [1.54, 1.807) is 6.07 Å². The molecule has 2 aromatic heterocycles. The van der Waals surface area contributed by atoms with Crippen LogP contribution in [0.5, 0.6) is 11.5 Å². The average molecular weight is 487 g/mol. The van der Waals surface area contributed by atoms with Gasteiger partial charge in [0, 0.05) is 32.0 Å². The molecule has 32 heavy (non-hydrogen) atoms.